The van der Waals surface area contributed by atoms with Gasteiger partial charge in [-0.3, -0.25) is 9.59 Å². The number of para-hydroxylation sites is 1. The molecule has 0 radical (unpaired) electrons. The van der Waals surface area contributed by atoms with Crippen molar-refractivity contribution in [2.24, 2.45) is 0 Å². The summed E-state index contributed by atoms with van der Waals surface area (Å²) in [5.41, 5.74) is 5.21. The van der Waals surface area contributed by atoms with E-state index in [9.17, 15) is 14.4 Å². The van der Waals surface area contributed by atoms with Crippen molar-refractivity contribution >= 4 is 86.8 Å². The number of amides is 4. The van der Waals surface area contributed by atoms with Crippen LogP contribution in [-0.4, -0.2) is 40.9 Å². The molecule has 0 saturated carbocycles. The van der Waals surface area contributed by atoms with Crippen molar-refractivity contribution in [1.82, 2.24) is 10.4 Å². The van der Waals surface area contributed by atoms with Gasteiger partial charge >= 0.3 is 6.03 Å². The highest BCUT2D eigenvalue weighted by atomic mass is 35.5. The number of halogens is 2. The molecule has 0 bridgehead atoms. The Morgan fingerprint density at radius 1 is 1.02 bits per heavy atom. The molecule has 1 aliphatic rings. The molecular weight excluding hydrogens is 619 g/mol. The number of hydrogen-bond acceptors (Lipinski definition) is 7. The summed E-state index contributed by atoms with van der Waals surface area (Å²) >= 11 is 18.2. The van der Waals surface area contributed by atoms with Crippen LogP contribution in [0.15, 0.2) is 65.6 Å². The van der Waals surface area contributed by atoms with Gasteiger partial charge in [-0.25, -0.2) is 10.2 Å². The highest BCUT2D eigenvalue weighted by Crippen LogP contribution is 2.34. The van der Waals surface area contributed by atoms with Gasteiger partial charge in [-0.05, 0) is 71.7 Å². The molecule has 0 aliphatic carbocycles. The van der Waals surface area contributed by atoms with E-state index >= 15 is 0 Å². The minimum absolute atomic E-state index is 0.146. The van der Waals surface area contributed by atoms with Gasteiger partial charge in [0.1, 0.15) is 0 Å². The van der Waals surface area contributed by atoms with Crippen molar-refractivity contribution in [3.05, 3.63) is 86.7 Å². The molecule has 0 unspecified atom stereocenters. The third kappa shape index (κ3) is 7.74. The second-order valence-corrected chi connectivity index (χ2v) is 11.7. The number of nitrogens with zero attached hydrogens (tertiary/aromatic N) is 1. The number of benzene rings is 3. The number of thiocarbonyl (C=S) groups is 1. The van der Waals surface area contributed by atoms with Crippen molar-refractivity contribution < 1.29 is 23.9 Å². The summed E-state index contributed by atoms with van der Waals surface area (Å²) < 4.78 is 11.3. The molecular formula is C29H26Cl2N4O5S2. The van der Waals surface area contributed by atoms with Gasteiger partial charge < -0.3 is 20.1 Å². The Bertz CT molecular complexity index is 1580. The first-order valence-corrected chi connectivity index (χ1v) is 14.5. The summed E-state index contributed by atoms with van der Waals surface area (Å²) in [5, 5.41) is 7.04. The molecule has 0 aromatic heterocycles. The van der Waals surface area contributed by atoms with E-state index in [0.717, 1.165) is 28.0 Å². The fraction of sp³-hybridized carbons (Fsp3) is 0.172. The fourth-order valence-electron chi connectivity index (χ4n) is 3.89. The number of carbonyl (C=O) groups excluding carboxylic acids is 3. The number of nitrogens with one attached hydrogen (secondary N) is 3. The number of methoxy groups -OCH3 is 1. The molecule has 218 valence electrons. The van der Waals surface area contributed by atoms with Gasteiger partial charge in [-0.2, -0.15) is 5.01 Å². The van der Waals surface area contributed by atoms with Crippen LogP contribution in [0.25, 0.3) is 6.08 Å². The van der Waals surface area contributed by atoms with Gasteiger partial charge in [0.05, 0.1) is 22.1 Å². The lowest BCUT2D eigenvalue weighted by Crippen LogP contribution is -2.46. The lowest BCUT2D eigenvalue weighted by atomic mass is 10.0. The number of rotatable bonds is 9. The van der Waals surface area contributed by atoms with Crippen molar-refractivity contribution in [3.63, 3.8) is 0 Å². The number of ether oxygens (including phenoxy) is 2. The highest BCUT2D eigenvalue weighted by Gasteiger charge is 2.33. The summed E-state index contributed by atoms with van der Waals surface area (Å²) in [6.07, 6.45) is 1.61. The van der Waals surface area contributed by atoms with E-state index in [4.69, 9.17) is 44.9 Å². The molecule has 4 rings (SSSR count). The predicted octanol–water partition coefficient (Wildman–Crippen LogP) is 7.08. The van der Waals surface area contributed by atoms with Crippen LogP contribution >= 0.6 is 47.2 Å². The normalized spacial score (nSPS) is 13.9. The lowest BCUT2D eigenvalue weighted by Gasteiger charge is -2.16. The lowest BCUT2D eigenvalue weighted by molar-refractivity contribution is -0.123. The summed E-state index contributed by atoms with van der Waals surface area (Å²) in [6, 6.07) is 16.5. The molecule has 0 atom stereocenters. The first-order chi connectivity index (χ1) is 20.0. The average Bonchev–Trinajstić information content (AvgIpc) is 3.21. The maximum atomic E-state index is 13.0. The van der Waals surface area contributed by atoms with Crippen molar-refractivity contribution in [2.75, 3.05) is 24.4 Å². The predicted molar refractivity (Wildman–Crippen MR) is 171 cm³/mol. The Kier molecular flexibility index (Phi) is 10.3. The number of urea groups is 1. The Balaban J connectivity index is 1.38. The minimum Gasteiger partial charge on any atom is -0.493 e. The molecule has 9 nitrogen and oxygen atoms in total. The number of thioether (sulfide) groups is 1. The second-order valence-electron chi connectivity index (χ2n) is 9.20. The van der Waals surface area contributed by atoms with Crippen molar-refractivity contribution in [1.29, 1.82) is 0 Å². The van der Waals surface area contributed by atoms with Crippen LogP contribution in [0, 0.1) is 0 Å². The van der Waals surface area contributed by atoms with Crippen molar-refractivity contribution in [3.8, 4) is 11.5 Å². The first-order valence-electron chi connectivity index (χ1n) is 12.6. The Morgan fingerprint density at radius 2 is 1.79 bits per heavy atom. The van der Waals surface area contributed by atoms with Gasteiger partial charge in [0.15, 0.2) is 22.4 Å². The van der Waals surface area contributed by atoms with Crippen molar-refractivity contribution in [2.45, 2.75) is 19.8 Å². The molecule has 3 N–H and O–H groups in total. The zero-order valence-electron chi connectivity index (χ0n) is 22.7. The van der Waals surface area contributed by atoms with Crippen LogP contribution in [0.4, 0.5) is 16.2 Å². The largest absolute Gasteiger partial charge is 0.493 e. The van der Waals surface area contributed by atoms with E-state index in [1.54, 1.807) is 30.3 Å². The van der Waals surface area contributed by atoms with Gasteiger partial charge in [-0.1, -0.05) is 73.1 Å². The number of carbonyl (C=O) groups is 3. The molecule has 1 fully saturated rings. The Labute approximate surface area is 262 Å². The average molecular weight is 646 g/mol. The minimum atomic E-state index is -0.689. The Hall–Kier alpha value is -3.77. The zero-order chi connectivity index (χ0) is 30.4. The fourth-order valence-corrected chi connectivity index (χ4v) is 5.36. The maximum Gasteiger partial charge on any atom is 0.338 e. The number of hydrazine groups is 1. The van der Waals surface area contributed by atoms with Crippen LogP contribution in [0.5, 0.6) is 11.5 Å². The van der Waals surface area contributed by atoms with Crippen LogP contribution < -0.4 is 25.5 Å². The van der Waals surface area contributed by atoms with E-state index in [0.29, 0.717) is 27.8 Å². The summed E-state index contributed by atoms with van der Waals surface area (Å²) in [5.74, 6) is 0.154. The van der Waals surface area contributed by atoms with Gasteiger partial charge in [0.25, 0.3) is 11.8 Å². The van der Waals surface area contributed by atoms with Gasteiger partial charge in [0, 0.05) is 11.4 Å². The highest BCUT2D eigenvalue weighted by molar-refractivity contribution is 8.26. The van der Waals surface area contributed by atoms with Gasteiger partial charge in [-0.15, -0.1) is 0 Å². The van der Waals surface area contributed by atoms with Crippen LogP contribution in [0.2, 0.25) is 10.0 Å². The zero-order valence-corrected chi connectivity index (χ0v) is 25.8. The molecule has 1 aliphatic heterocycles. The smallest absolute Gasteiger partial charge is 0.338 e. The Morgan fingerprint density at radius 3 is 2.50 bits per heavy atom. The first kappa shape index (κ1) is 31.2. The summed E-state index contributed by atoms with van der Waals surface area (Å²) in [7, 11) is 1.47. The quantitative estimate of drug-likeness (QED) is 0.169. The third-order valence-corrected chi connectivity index (χ3v) is 7.93. The molecule has 13 heteroatoms. The number of anilines is 2. The second kappa shape index (κ2) is 13.9. The van der Waals surface area contributed by atoms with Gasteiger partial charge in [0.2, 0.25) is 0 Å². The summed E-state index contributed by atoms with van der Waals surface area (Å²) in [6.45, 7) is 3.88. The maximum absolute atomic E-state index is 13.0. The third-order valence-electron chi connectivity index (χ3n) is 5.89. The topological polar surface area (TPSA) is 109 Å². The standard InChI is InChI=1S/C29H26Cl2N4O5S2/c1-16(2)19-6-4-5-7-22(19)33-26(36)15-40-23-11-8-17(12-24(23)39-3)13-25-27(37)35(29(41)42-25)34-28(38)32-18-9-10-20(30)21(31)14-18/h4-14,16H,15H2,1-3H3,(H,33,36)(H2,32,34,38)/b25-13-. The van der Waals surface area contributed by atoms with E-state index < -0.39 is 11.9 Å². The van der Waals surface area contributed by atoms with Crippen LogP contribution in [0.3, 0.4) is 0 Å². The SMILES string of the molecule is COc1cc(/C=C2\SC(=S)N(NC(=O)Nc3ccc(Cl)c(Cl)c3)C2=O)ccc1OCC(=O)Nc1ccccc1C(C)C. The molecule has 4 amide bonds. The number of hydrogen-bond donors (Lipinski definition) is 3. The van der Waals surface area contributed by atoms with E-state index in [1.165, 1.54) is 19.2 Å². The van der Waals surface area contributed by atoms with E-state index in [1.807, 2.05) is 24.3 Å². The van der Waals surface area contributed by atoms with Crippen LogP contribution in [-0.2, 0) is 9.59 Å². The van der Waals surface area contributed by atoms with E-state index in [-0.39, 0.29) is 32.7 Å². The van der Waals surface area contributed by atoms with E-state index in [2.05, 4.69) is 29.9 Å². The molecule has 1 saturated heterocycles. The molecule has 1 heterocycles. The molecule has 42 heavy (non-hydrogen) atoms. The molecule has 0 spiro atoms. The monoisotopic (exact) mass is 644 g/mol. The molecule has 3 aromatic rings. The summed E-state index contributed by atoms with van der Waals surface area (Å²) in [4.78, 5) is 38.3. The molecule has 3 aromatic carbocycles. The van der Waals surface area contributed by atoms with Crippen LogP contribution in [0.1, 0.15) is 30.9 Å².